The highest BCUT2D eigenvalue weighted by Gasteiger charge is 2.22. The molecule has 0 aliphatic heterocycles. The topological polar surface area (TPSA) is 91.4 Å². The van der Waals surface area contributed by atoms with E-state index >= 15 is 0 Å². The number of nitrogens with two attached hydrogens (primary N) is 1. The van der Waals surface area contributed by atoms with Crippen LogP contribution in [-0.4, -0.2) is 25.0 Å². The molecule has 0 unspecified atom stereocenters. The van der Waals surface area contributed by atoms with Gasteiger partial charge >= 0.3 is 0 Å². The van der Waals surface area contributed by atoms with Gasteiger partial charge in [0, 0.05) is 16.9 Å². The summed E-state index contributed by atoms with van der Waals surface area (Å²) in [6.45, 7) is 3.51. The fraction of sp³-hybridized carbons (Fsp3) is 0.308. The van der Waals surface area contributed by atoms with Gasteiger partial charge in [-0.05, 0) is 26.0 Å². The minimum Gasteiger partial charge on any atom is -0.490 e. The number of halogens is 1. The second kappa shape index (κ2) is 5.57. The summed E-state index contributed by atoms with van der Waals surface area (Å²) >= 11 is 0. The van der Waals surface area contributed by atoms with Crippen LogP contribution in [0.5, 0.6) is 5.75 Å². The number of carbonyl (C=O) groups is 1. The zero-order chi connectivity index (χ0) is 15.8. The van der Waals surface area contributed by atoms with Crippen LogP contribution >= 0.6 is 10.7 Å². The van der Waals surface area contributed by atoms with Gasteiger partial charge in [-0.25, -0.2) is 8.42 Å². The molecule has 2 aromatic rings. The third kappa shape index (κ3) is 3.30. The summed E-state index contributed by atoms with van der Waals surface area (Å²) in [5.74, 6) is -0.189. The molecule has 114 valence electrons. The van der Waals surface area contributed by atoms with Crippen molar-refractivity contribution in [3.05, 3.63) is 24.4 Å². The molecule has 8 heteroatoms. The van der Waals surface area contributed by atoms with E-state index < -0.39 is 15.0 Å². The van der Waals surface area contributed by atoms with Gasteiger partial charge in [-0.15, -0.1) is 0 Å². The second-order valence-electron chi connectivity index (χ2n) is 4.84. The monoisotopic (exact) mass is 330 g/mol. The zero-order valence-electron chi connectivity index (χ0n) is 11.5. The Morgan fingerprint density at radius 2 is 2.10 bits per heavy atom. The van der Waals surface area contributed by atoms with Crippen LogP contribution in [0, 0.1) is 0 Å². The fourth-order valence-electron chi connectivity index (χ4n) is 2.12. The van der Waals surface area contributed by atoms with Crippen molar-refractivity contribution >= 4 is 36.5 Å². The summed E-state index contributed by atoms with van der Waals surface area (Å²) in [6, 6.07) is 5.04. The lowest BCUT2D eigenvalue weighted by Crippen LogP contribution is -2.18. The molecule has 0 saturated carbocycles. The minimum absolute atomic E-state index is 0.100. The smallest absolute Gasteiger partial charge is 0.263 e. The van der Waals surface area contributed by atoms with E-state index in [2.05, 4.69) is 0 Å². The van der Waals surface area contributed by atoms with Crippen LogP contribution in [0.15, 0.2) is 29.3 Å². The first-order valence-electron chi connectivity index (χ1n) is 6.21. The Bertz CT molecular complexity index is 796. The molecule has 0 saturated heterocycles. The highest BCUT2D eigenvalue weighted by Crippen LogP contribution is 2.35. The van der Waals surface area contributed by atoms with Gasteiger partial charge in [-0.1, -0.05) is 6.07 Å². The molecular weight excluding hydrogens is 316 g/mol. The Morgan fingerprint density at radius 1 is 1.43 bits per heavy atom. The maximum atomic E-state index is 11.8. The Morgan fingerprint density at radius 3 is 2.62 bits per heavy atom. The van der Waals surface area contributed by atoms with Gasteiger partial charge in [-0.3, -0.25) is 4.79 Å². The van der Waals surface area contributed by atoms with E-state index in [1.807, 2.05) is 13.8 Å². The van der Waals surface area contributed by atoms with Crippen LogP contribution in [-0.2, 0) is 20.4 Å². The number of fused-ring (bicyclic) bond motifs is 1. The molecule has 1 aromatic carbocycles. The van der Waals surface area contributed by atoms with Crippen LogP contribution < -0.4 is 10.5 Å². The van der Waals surface area contributed by atoms with E-state index in [0.29, 0.717) is 16.7 Å². The van der Waals surface area contributed by atoms with E-state index in [1.165, 1.54) is 10.8 Å². The summed E-state index contributed by atoms with van der Waals surface area (Å²) in [5.41, 5.74) is 5.70. The molecule has 1 amide bonds. The number of amides is 1. The number of hydrogen-bond donors (Lipinski definition) is 1. The summed E-state index contributed by atoms with van der Waals surface area (Å²) in [5, 5.41) is 0.349. The summed E-state index contributed by atoms with van der Waals surface area (Å²) in [7, 11) is 1.50. The first-order chi connectivity index (χ1) is 9.70. The lowest BCUT2D eigenvalue weighted by molar-refractivity contribution is -0.118. The lowest BCUT2D eigenvalue weighted by Gasteiger charge is -2.11. The number of nitrogens with zero attached hydrogens (tertiary/aromatic N) is 1. The molecule has 0 fully saturated rings. The Balaban J connectivity index is 2.78. The second-order valence-corrected chi connectivity index (χ2v) is 7.38. The standard InChI is InChI=1S/C13H15ClN2O4S/c1-8(2)20-10-5-3-4-9-13(10)11(21(14,18)19)6-16(9)7-12(15)17/h3-6,8H,7H2,1-2H3,(H2,15,17). The van der Waals surface area contributed by atoms with E-state index in [0.717, 1.165) is 0 Å². The first kappa shape index (κ1) is 15.7. The molecule has 0 atom stereocenters. The van der Waals surface area contributed by atoms with Crippen molar-refractivity contribution in [3.8, 4) is 5.75 Å². The average Bonchev–Trinajstić information content (AvgIpc) is 2.68. The predicted molar refractivity (Wildman–Crippen MR) is 79.9 cm³/mol. The van der Waals surface area contributed by atoms with Gasteiger partial charge in [0.1, 0.15) is 17.2 Å². The van der Waals surface area contributed by atoms with Crippen LogP contribution in [0.2, 0.25) is 0 Å². The molecule has 6 nitrogen and oxygen atoms in total. The summed E-state index contributed by atoms with van der Waals surface area (Å²) < 4.78 is 30.6. The number of primary amides is 1. The number of carbonyl (C=O) groups excluding carboxylic acids is 1. The van der Waals surface area contributed by atoms with Crippen molar-refractivity contribution in [2.75, 3.05) is 0 Å². The molecule has 0 bridgehead atoms. The average molecular weight is 331 g/mol. The lowest BCUT2D eigenvalue weighted by atomic mass is 10.2. The maximum absolute atomic E-state index is 11.8. The van der Waals surface area contributed by atoms with Crippen LogP contribution in [0.3, 0.4) is 0 Å². The highest BCUT2D eigenvalue weighted by atomic mass is 35.7. The van der Waals surface area contributed by atoms with Crippen LogP contribution in [0.25, 0.3) is 10.9 Å². The molecular formula is C13H15ClN2O4S. The molecule has 0 aliphatic rings. The number of aromatic nitrogens is 1. The molecule has 2 N–H and O–H groups in total. The molecule has 0 spiro atoms. The maximum Gasteiger partial charge on any atom is 0.263 e. The van der Waals surface area contributed by atoms with Gasteiger partial charge in [0.2, 0.25) is 5.91 Å². The molecule has 0 aliphatic carbocycles. The third-order valence-corrected chi connectivity index (χ3v) is 4.12. The Labute approximate surface area is 126 Å². The minimum atomic E-state index is -3.98. The van der Waals surface area contributed by atoms with Gasteiger partial charge < -0.3 is 15.0 Å². The van der Waals surface area contributed by atoms with Crippen molar-refractivity contribution in [1.82, 2.24) is 4.57 Å². The van der Waals surface area contributed by atoms with Crippen molar-refractivity contribution < 1.29 is 17.9 Å². The SMILES string of the molecule is CC(C)Oc1cccc2c1c(S(=O)(=O)Cl)cn2CC(N)=O. The molecule has 2 rings (SSSR count). The predicted octanol–water partition coefficient (Wildman–Crippen LogP) is 1.84. The van der Waals surface area contributed by atoms with Crippen LogP contribution in [0.4, 0.5) is 0 Å². The van der Waals surface area contributed by atoms with E-state index in [4.69, 9.17) is 21.2 Å². The first-order valence-corrected chi connectivity index (χ1v) is 8.52. The number of hydrogen-bond acceptors (Lipinski definition) is 4. The molecule has 1 aromatic heterocycles. The fourth-order valence-corrected chi connectivity index (χ4v) is 3.17. The van der Waals surface area contributed by atoms with Gasteiger partial charge in [0.25, 0.3) is 9.05 Å². The molecule has 0 radical (unpaired) electrons. The molecule has 21 heavy (non-hydrogen) atoms. The zero-order valence-corrected chi connectivity index (χ0v) is 13.1. The van der Waals surface area contributed by atoms with Crippen molar-refractivity contribution in [2.45, 2.75) is 31.4 Å². The normalized spacial score (nSPS) is 12.0. The van der Waals surface area contributed by atoms with E-state index in [9.17, 15) is 13.2 Å². The van der Waals surface area contributed by atoms with Gasteiger partial charge in [0.15, 0.2) is 0 Å². The van der Waals surface area contributed by atoms with Crippen molar-refractivity contribution in [3.63, 3.8) is 0 Å². The Kier molecular flexibility index (Phi) is 4.15. The van der Waals surface area contributed by atoms with Crippen molar-refractivity contribution in [2.24, 2.45) is 5.73 Å². The van der Waals surface area contributed by atoms with Crippen molar-refractivity contribution in [1.29, 1.82) is 0 Å². The van der Waals surface area contributed by atoms with Crippen LogP contribution in [0.1, 0.15) is 13.8 Å². The summed E-state index contributed by atoms with van der Waals surface area (Å²) in [6.07, 6.45) is 1.16. The largest absolute Gasteiger partial charge is 0.490 e. The van der Waals surface area contributed by atoms with Gasteiger partial charge in [0.05, 0.1) is 17.0 Å². The molecule has 1 heterocycles. The number of ether oxygens (including phenoxy) is 1. The third-order valence-electron chi connectivity index (χ3n) is 2.78. The Hall–Kier alpha value is -1.73. The quantitative estimate of drug-likeness (QED) is 0.847. The number of rotatable bonds is 5. The number of benzene rings is 1. The van der Waals surface area contributed by atoms with Gasteiger partial charge in [-0.2, -0.15) is 0 Å². The highest BCUT2D eigenvalue weighted by molar-refractivity contribution is 8.14. The summed E-state index contributed by atoms with van der Waals surface area (Å²) in [4.78, 5) is 11.0. The van der Waals surface area contributed by atoms with E-state index in [1.54, 1.807) is 18.2 Å². The van der Waals surface area contributed by atoms with E-state index in [-0.39, 0.29) is 17.5 Å².